The molecule has 1 aliphatic rings. The number of nitrogens with one attached hydrogen (secondary N) is 1. The van der Waals surface area contributed by atoms with Crippen molar-refractivity contribution in [2.75, 3.05) is 6.54 Å². The van der Waals surface area contributed by atoms with Gasteiger partial charge in [-0.3, -0.25) is 14.5 Å². The molecular formula is C13H12F3N3O4. The van der Waals surface area contributed by atoms with Crippen molar-refractivity contribution in [3.05, 3.63) is 29.8 Å². The van der Waals surface area contributed by atoms with Crippen molar-refractivity contribution >= 4 is 17.8 Å². The predicted molar refractivity (Wildman–Crippen MR) is 69.9 cm³/mol. The lowest BCUT2D eigenvalue weighted by molar-refractivity contribution is -0.274. The van der Waals surface area contributed by atoms with E-state index in [0.29, 0.717) is 4.90 Å². The first-order chi connectivity index (χ1) is 10.5. The Morgan fingerprint density at radius 1 is 1.30 bits per heavy atom. The molecule has 4 amide bonds. The molecule has 124 valence electrons. The quantitative estimate of drug-likeness (QED) is 0.798. The van der Waals surface area contributed by atoms with Crippen LogP contribution in [0.3, 0.4) is 0 Å². The summed E-state index contributed by atoms with van der Waals surface area (Å²) in [4.78, 5) is 35.6. The van der Waals surface area contributed by atoms with Crippen LogP contribution in [0.2, 0.25) is 0 Å². The van der Waals surface area contributed by atoms with Gasteiger partial charge in [-0.2, -0.15) is 0 Å². The molecule has 2 rings (SSSR count). The number of alkyl halides is 3. The molecule has 0 aliphatic carbocycles. The van der Waals surface area contributed by atoms with Crippen LogP contribution in [-0.4, -0.2) is 35.7 Å². The Kier molecular flexibility index (Phi) is 3.93. The molecule has 0 unspecified atom stereocenters. The highest BCUT2D eigenvalue weighted by molar-refractivity contribution is 6.09. The molecule has 1 saturated heterocycles. The van der Waals surface area contributed by atoms with E-state index in [1.165, 1.54) is 19.1 Å². The number of halogens is 3. The van der Waals surface area contributed by atoms with Crippen molar-refractivity contribution in [2.45, 2.75) is 18.8 Å². The number of carbonyl (C=O) groups is 3. The van der Waals surface area contributed by atoms with Crippen molar-refractivity contribution in [1.82, 2.24) is 10.2 Å². The highest BCUT2D eigenvalue weighted by atomic mass is 19.4. The Bertz CT molecular complexity index is 659. The van der Waals surface area contributed by atoms with E-state index in [4.69, 9.17) is 5.73 Å². The number of amides is 4. The van der Waals surface area contributed by atoms with Gasteiger partial charge >= 0.3 is 12.4 Å². The summed E-state index contributed by atoms with van der Waals surface area (Å²) in [7, 11) is 0. The average Bonchev–Trinajstić information content (AvgIpc) is 2.62. The van der Waals surface area contributed by atoms with Crippen LogP contribution in [0, 0.1) is 0 Å². The van der Waals surface area contributed by atoms with Crippen molar-refractivity contribution in [3.8, 4) is 5.75 Å². The molecule has 1 aromatic rings. The summed E-state index contributed by atoms with van der Waals surface area (Å²) < 4.78 is 40.1. The predicted octanol–water partition coefficient (Wildman–Crippen LogP) is 0.837. The summed E-state index contributed by atoms with van der Waals surface area (Å²) in [6.45, 7) is 0.781. The van der Waals surface area contributed by atoms with E-state index < -0.39 is 42.0 Å². The second-order valence-corrected chi connectivity index (χ2v) is 4.98. The minimum atomic E-state index is -4.83. The molecule has 0 aromatic heterocycles. The van der Waals surface area contributed by atoms with Gasteiger partial charge in [0, 0.05) is 0 Å². The zero-order valence-corrected chi connectivity index (χ0v) is 11.8. The summed E-state index contributed by atoms with van der Waals surface area (Å²) in [5.74, 6) is -2.06. The lowest BCUT2D eigenvalue weighted by Crippen LogP contribution is -2.42. The maximum Gasteiger partial charge on any atom is 0.573 e. The number of ether oxygens (including phenoxy) is 1. The molecule has 23 heavy (non-hydrogen) atoms. The summed E-state index contributed by atoms with van der Waals surface area (Å²) in [5.41, 5.74) is 3.69. The number of benzene rings is 1. The maximum atomic E-state index is 12.3. The van der Waals surface area contributed by atoms with Gasteiger partial charge in [0.25, 0.3) is 5.91 Å². The first kappa shape index (κ1) is 16.6. The van der Waals surface area contributed by atoms with E-state index in [0.717, 1.165) is 12.1 Å². The summed E-state index contributed by atoms with van der Waals surface area (Å²) in [6, 6.07) is 3.65. The van der Waals surface area contributed by atoms with Gasteiger partial charge < -0.3 is 15.8 Å². The summed E-state index contributed by atoms with van der Waals surface area (Å²) in [5, 5.41) is 2.39. The van der Waals surface area contributed by atoms with Gasteiger partial charge in [-0.25, -0.2) is 4.79 Å². The van der Waals surface area contributed by atoms with E-state index in [-0.39, 0.29) is 5.56 Å². The molecule has 1 atom stereocenters. The fourth-order valence-electron chi connectivity index (χ4n) is 2.18. The number of primary amides is 1. The standard InChI is InChI=1S/C13H12F3N3O4/c1-12(10(21)19(6-9(17)20)11(22)18-12)7-2-4-8(5-3-7)23-13(14,15)16/h2-5H,6H2,1H3,(H2,17,20)(H,18,22)/t12-/m1/s1. The largest absolute Gasteiger partial charge is 0.573 e. The second-order valence-electron chi connectivity index (χ2n) is 4.98. The fraction of sp³-hybridized carbons (Fsp3) is 0.308. The van der Waals surface area contributed by atoms with Crippen LogP contribution in [0.25, 0.3) is 0 Å². The number of imide groups is 1. The van der Waals surface area contributed by atoms with Gasteiger partial charge in [-0.05, 0) is 24.6 Å². The summed E-state index contributed by atoms with van der Waals surface area (Å²) >= 11 is 0. The smallest absolute Gasteiger partial charge is 0.406 e. The van der Waals surface area contributed by atoms with Gasteiger partial charge in [0.2, 0.25) is 5.91 Å². The van der Waals surface area contributed by atoms with E-state index in [2.05, 4.69) is 10.1 Å². The number of nitrogens with zero attached hydrogens (tertiary/aromatic N) is 1. The molecule has 0 saturated carbocycles. The Labute approximate surface area is 128 Å². The third-order valence-electron chi connectivity index (χ3n) is 3.25. The summed E-state index contributed by atoms with van der Waals surface area (Å²) in [6.07, 6.45) is -4.83. The minimum Gasteiger partial charge on any atom is -0.406 e. The molecule has 1 heterocycles. The Hall–Kier alpha value is -2.78. The molecule has 0 radical (unpaired) electrons. The van der Waals surface area contributed by atoms with Crippen LogP contribution >= 0.6 is 0 Å². The highest BCUT2D eigenvalue weighted by Crippen LogP contribution is 2.31. The first-order valence-corrected chi connectivity index (χ1v) is 6.31. The zero-order chi connectivity index (χ0) is 17.4. The van der Waals surface area contributed by atoms with E-state index in [9.17, 15) is 27.6 Å². The molecule has 0 bridgehead atoms. The van der Waals surface area contributed by atoms with Crippen molar-refractivity contribution in [1.29, 1.82) is 0 Å². The van der Waals surface area contributed by atoms with Crippen LogP contribution in [0.5, 0.6) is 5.75 Å². The Morgan fingerprint density at radius 2 is 1.87 bits per heavy atom. The Morgan fingerprint density at radius 3 is 2.35 bits per heavy atom. The van der Waals surface area contributed by atoms with Crippen molar-refractivity contribution in [3.63, 3.8) is 0 Å². The third kappa shape index (κ3) is 3.35. The third-order valence-corrected chi connectivity index (χ3v) is 3.25. The average molecular weight is 331 g/mol. The van der Waals surface area contributed by atoms with E-state index in [1.807, 2.05) is 0 Å². The zero-order valence-electron chi connectivity index (χ0n) is 11.8. The lowest BCUT2D eigenvalue weighted by Gasteiger charge is -2.22. The second kappa shape index (κ2) is 5.45. The van der Waals surface area contributed by atoms with Gasteiger partial charge in [0.15, 0.2) is 0 Å². The number of nitrogens with two attached hydrogens (primary N) is 1. The molecule has 1 fully saturated rings. The lowest BCUT2D eigenvalue weighted by atomic mass is 9.92. The molecule has 0 spiro atoms. The van der Waals surface area contributed by atoms with Crippen LogP contribution in [0.4, 0.5) is 18.0 Å². The van der Waals surface area contributed by atoms with E-state index in [1.54, 1.807) is 0 Å². The van der Waals surface area contributed by atoms with Crippen LogP contribution < -0.4 is 15.8 Å². The number of hydrogen-bond acceptors (Lipinski definition) is 4. The molecule has 1 aliphatic heterocycles. The van der Waals surface area contributed by atoms with Crippen LogP contribution in [0.15, 0.2) is 24.3 Å². The van der Waals surface area contributed by atoms with Crippen molar-refractivity contribution < 1.29 is 32.3 Å². The first-order valence-electron chi connectivity index (χ1n) is 6.31. The van der Waals surface area contributed by atoms with Crippen molar-refractivity contribution in [2.24, 2.45) is 5.73 Å². The molecule has 7 nitrogen and oxygen atoms in total. The van der Waals surface area contributed by atoms with E-state index >= 15 is 0 Å². The number of hydrogen-bond donors (Lipinski definition) is 2. The van der Waals surface area contributed by atoms with Gasteiger partial charge in [-0.1, -0.05) is 12.1 Å². The van der Waals surface area contributed by atoms with Gasteiger partial charge in [0.1, 0.15) is 17.8 Å². The molecular weight excluding hydrogens is 319 g/mol. The van der Waals surface area contributed by atoms with Crippen LogP contribution in [0.1, 0.15) is 12.5 Å². The molecule has 3 N–H and O–H groups in total. The minimum absolute atomic E-state index is 0.234. The normalized spacial score (nSPS) is 21.3. The molecule has 10 heteroatoms. The highest BCUT2D eigenvalue weighted by Gasteiger charge is 2.49. The van der Waals surface area contributed by atoms with Gasteiger partial charge in [0.05, 0.1) is 0 Å². The van der Waals surface area contributed by atoms with Crippen LogP contribution in [-0.2, 0) is 15.1 Å². The number of carbonyl (C=O) groups excluding carboxylic acids is 3. The fourth-order valence-corrected chi connectivity index (χ4v) is 2.18. The number of rotatable bonds is 4. The number of urea groups is 1. The molecule has 1 aromatic carbocycles. The van der Waals surface area contributed by atoms with Gasteiger partial charge in [-0.15, -0.1) is 13.2 Å². The SMILES string of the molecule is C[C@]1(c2ccc(OC(F)(F)F)cc2)NC(=O)N(CC(N)=O)C1=O. The maximum absolute atomic E-state index is 12.3. The topological polar surface area (TPSA) is 102 Å². The monoisotopic (exact) mass is 331 g/mol. The Balaban J connectivity index is 2.25.